The number of anilines is 1. The lowest BCUT2D eigenvalue weighted by Gasteiger charge is -1.93. The van der Waals surface area contributed by atoms with Crippen LogP contribution >= 0.6 is 11.3 Å². The van der Waals surface area contributed by atoms with Crippen molar-refractivity contribution in [3.8, 4) is 0 Å². The quantitative estimate of drug-likeness (QED) is 0.733. The van der Waals surface area contributed by atoms with E-state index in [0.29, 0.717) is 5.13 Å². The van der Waals surface area contributed by atoms with E-state index in [1.165, 1.54) is 11.3 Å². The number of hydrogen-bond acceptors (Lipinski definition) is 4. The van der Waals surface area contributed by atoms with E-state index in [9.17, 15) is 9.59 Å². The monoisotopic (exact) mass is 212 g/mol. The zero-order chi connectivity index (χ0) is 10.6. The molecule has 0 aromatic carbocycles. The molecule has 0 aliphatic rings. The van der Waals surface area contributed by atoms with Gasteiger partial charge < -0.3 is 5.11 Å². The van der Waals surface area contributed by atoms with Crippen LogP contribution in [-0.4, -0.2) is 22.0 Å². The highest BCUT2D eigenvalue weighted by atomic mass is 32.1. The first kappa shape index (κ1) is 10.4. The van der Waals surface area contributed by atoms with Gasteiger partial charge in [-0.3, -0.25) is 10.1 Å². The summed E-state index contributed by atoms with van der Waals surface area (Å²) in [5.74, 6) is -1.66. The van der Waals surface area contributed by atoms with Gasteiger partial charge >= 0.3 is 5.97 Å². The fourth-order valence-corrected chi connectivity index (χ4v) is 1.40. The molecule has 0 radical (unpaired) electrons. The maximum absolute atomic E-state index is 11.0. The van der Waals surface area contributed by atoms with Crippen molar-refractivity contribution in [2.24, 2.45) is 0 Å². The van der Waals surface area contributed by atoms with Gasteiger partial charge in [0.05, 0.1) is 5.69 Å². The van der Waals surface area contributed by atoms with E-state index in [0.717, 1.165) is 17.8 Å². The number of amides is 1. The predicted octanol–water partition coefficient (Wildman–Crippen LogP) is 1.03. The molecule has 0 aliphatic heterocycles. The van der Waals surface area contributed by atoms with Crippen LogP contribution in [0, 0.1) is 6.92 Å². The van der Waals surface area contributed by atoms with Gasteiger partial charge in [0.1, 0.15) is 0 Å². The van der Waals surface area contributed by atoms with Crippen molar-refractivity contribution in [1.29, 1.82) is 0 Å². The Morgan fingerprint density at radius 1 is 1.57 bits per heavy atom. The number of carbonyl (C=O) groups is 2. The Bertz CT molecular complexity index is 384. The third-order valence-electron chi connectivity index (χ3n) is 1.23. The normalized spacial score (nSPS) is 10.4. The number of carboxylic acid groups (broad SMARTS) is 1. The molecule has 0 saturated heterocycles. The molecular formula is C8H8N2O3S. The highest BCUT2D eigenvalue weighted by Gasteiger charge is 2.01. The number of nitrogens with zero attached hydrogens (tertiary/aromatic N) is 1. The van der Waals surface area contributed by atoms with Crippen LogP contribution in [0.5, 0.6) is 0 Å². The first-order valence-corrected chi connectivity index (χ1v) is 4.60. The van der Waals surface area contributed by atoms with Crippen molar-refractivity contribution in [3.05, 3.63) is 23.2 Å². The Kier molecular flexibility index (Phi) is 3.35. The summed E-state index contributed by atoms with van der Waals surface area (Å²) in [5.41, 5.74) is 0.813. The molecule has 0 bridgehead atoms. The second kappa shape index (κ2) is 4.52. The molecule has 1 aromatic heterocycles. The lowest BCUT2D eigenvalue weighted by Crippen LogP contribution is -2.08. The number of thiazole rings is 1. The first-order chi connectivity index (χ1) is 6.58. The summed E-state index contributed by atoms with van der Waals surface area (Å²) in [6, 6.07) is 0. The number of hydrogen-bond donors (Lipinski definition) is 2. The molecule has 1 amide bonds. The Labute approximate surface area is 84.1 Å². The molecule has 0 saturated carbocycles. The number of rotatable bonds is 3. The number of carboxylic acids is 1. The summed E-state index contributed by atoms with van der Waals surface area (Å²) < 4.78 is 0. The topological polar surface area (TPSA) is 79.3 Å². The van der Waals surface area contributed by atoms with Crippen molar-refractivity contribution in [2.75, 3.05) is 5.32 Å². The van der Waals surface area contributed by atoms with Crippen LogP contribution in [0.2, 0.25) is 0 Å². The molecule has 0 aliphatic carbocycles. The Hall–Kier alpha value is -1.69. The molecule has 1 rings (SSSR count). The number of aliphatic carboxylic acids is 1. The standard InChI is InChI=1S/C8H8N2O3S/c1-5-4-14-8(9-5)10-6(11)2-3-7(12)13/h2-4H,1H3,(H,12,13)(H,9,10,11)/b3-2+. The lowest BCUT2D eigenvalue weighted by molar-refractivity contribution is -0.131. The summed E-state index contributed by atoms with van der Waals surface area (Å²) >= 11 is 1.29. The van der Waals surface area contributed by atoms with E-state index in [1.54, 1.807) is 12.3 Å². The molecule has 0 unspecified atom stereocenters. The predicted molar refractivity (Wildman–Crippen MR) is 52.3 cm³/mol. The molecule has 14 heavy (non-hydrogen) atoms. The third-order valence-corrected chi connectivity index (χ3v) is 2.10. The van der Waals surface area contributed by atoms with Gasteiger partial charge in [0.2, 0.25) is 5.91 Å². The van der Waals surface area contributed by atoms with Crippen LogP contribution in [-0.2, 0) is 9.59 Å². The summed E-state index contributed by atoms with van der Waals surface area (Å²) in [7, 11) is 0. The second-order valence-electron chi connectivity index (χ2n) is 2.45. The molecule has 0 atom stereocenters. The molecule has 74 valence electrons. The van der Waals surface area contributed by atoms with Gasteiger partial charge in [0, 0.05) is 17.5 Å². The average Bonchev–Trinajstić information content (AvgIpc) is 2.48. The largest absolute Gasteiger partial charge is 0.478 e. The van der Waals surface area contributed by atoms with E-state index in [1.807, 2.05) is 0 Å². The van der Waals surface area contributed by atoms with Crippen LogP contribution in [0.15, 0.2) is 17.5 Å². The van der Waals surface area contributed by atoms with Crippen LogP contribution in [0.25, 0.3) is 0 Å². The van der Waals surface area contributed by atoms with Crippen molar-refractivity contribution in [3.63, 3.8) is 0 Å². The maximum Gasteiger partial charge on any atom is 0.328 e. The third kappa shape index (κ3) is 3.36. The zero-order valence-electron chi connectivity index (χ0n) is 7.35. The maximum atomic E-state index is 11.0. The van der Waals surface area contributed by atoms with Gasteiger partial charge in [-0.2, -0.15) is 0 Å². The highest BCUT2D eigenvalue weighted by molar-refractivity contribution is 7.13. The minimum Gasteiger partial charge on any atom is -0.478 e. The van der Waals surface area contributed by atoms with Crippen LogP contribution in [0.3, 0.4) is 0 Å². The van der Waals surface area contributed by atoms with E-state index in [4.69, 9.17) is 5.11 Å². The van der Waals surface area contributed by atoms with Gasteiger partial charge in [0.25, 0.3) is 0 Å². The molecule has 1 heterocycles. The van der Waals surface area contributed by atoms with E-state index >= 15 is 0 Å². The van der Waals surface area contributed by atoms with Crippen molar-refractivity contribution in [1.82, 2.24) is 4.98 Å². The fourth-order valence-electron chi connectivity index (χ4n) is 0.705. The summed E-state index contributed by atoms with van der Waals surface area (Å²) in [6.45, 7) is 1.80. The zero-order valence-corrected chi connectivity index (χ0v) is 8.17. The van der Waals surface area contributed by atoms with E-state index < -0.39 is 11.9 Å². The van der Waals surface area contributed by atoms with Crippen molar-refractivity contribution < 1.29 is 14.7 Å². The van der Waals surface area contributed by atoms with Crippen LogP contribution < -0.4 is 5.32 Å². The fraction of sp³-hybridized carbons (Fsp3) is 0.125. The lowest BCUT2D eigenvalue weighted by atomic mass is 10.5. The number of aromatic nitrogens is 1. The summed E-state index contributed by atoms with van der Waals surface area (Å²) in [5, 5.41) is 12.9. The molecule has 2 N–H and O–H groups in total. The van der Waals surface area contributed by atoms with Gasteiger partial charge in [-0.25, -0.2) is 9.78 Å². The van der Waals surface area contributed by atoms with Gasteiger partial charge in [0.15, 0.2) is 5.13 Å². The SMILES string of the molecule is Cc1csc(NC(=O)/C=C/C(=O)O)n1. The van der Waals surface area contributed by atoms with Gasteiger partial charge in [-0.05, 0) is 6.92 Å². The van der Waals surface area contributed by atoms with Crippen molar-refractivity contribution >= 4 is 28.3 Å². The summed E-state index contributed by atoms with van der Waals surface area (Å²) in [4.78, 5) is 25.1. The number of carbonyl (C=O) groups excluding carboxylic acids is 1. The molecule has 0 fully saturated rings. The smallest absolute Gasteiger partial charge is 0.328 e. The minimum atomic E-state index is -1.16. The molecule has 0 spiro atoms. The second-order valence-corrected chi connectivity index (χ2v) is 3.31. The average molecular weight is 212 g/mol. The number of aryl methyl sites for hydroxylation is 1. The molecule has 6 heteroatoms. The minimum absolute atomic E-state index is 0.461. The Balaban J connectivity index is 2.53. The molecular weight excluding hydrogens is 204 g/mol. The number of nitrogens with one attached hydrogen (secondary N) is 1. The molecule has 1 aromatic rings. The van der Waals surface area contributed by atoms with Gasteiger partial charge in [-0.1, -0.05) is 0 Å². The Morgan fingerprint density at radius 2 is 2.29 bits per heavy atom. The first-order valence-electron chi connectivity index (χ1n) is 3.72. The Morgan fingerprint density at radius 3 is 2.79 bits per heavy atom. The van der Waals surface area contributed by atoms with Gasteiger partial charge in [-0.15, -0.1) is 11.3 Å². The van der Waals surface area contributed by atoms with Crippen LogP contribution in [0.1, 0.15) is 5.69 Å². The van der Waals surface area contributed by atoms with Crippen LogP contribution in [0.4, 0.5) is 5.13 Å². The molecule has 5 nitrogen and oxygen atoms in total. The summed E-state index contributed by atoms with van der Waals surface area (Å²) in [6.07, 6.45) is 1.72. The van der Waals surface area contributed by atoms with E-state index in [-0.39, 0.29) is 0 Å². The van der Waals surface area contributed by atoms with E-state index in [2.05, 4.69) is 10.3 Å². The highest BCUT2D eigenvalue weighted by Crippen LogP contribution is 2.13. The van der Waals surface area contributed by atoms with Crippen molar-refractivity contribution in [2.45, 2.75) is 6.92 Å².